The zero-order valence-corrected chi connectivity index (χ0v) is 8.84. The quantitative estimate of drug-likeness (QED) is 0.772. The van der Waals surface area contributed by atoms with Gasteiger partial charge < -0.3 is 10.5 Å². The first-order valence-electron chi connectivity index (χ1n) is 4.15. The van der Waals surface area contributed by atoms with E-state index in [0.717, 1.165) is 0 Å². The number of hydrogen-bond acceptors (Lipinski definition) is 4. The third-order valence-electron chi connectivity index (χ3n) is 1.94. The lowest BCUT2D eigenvalue weighted by molar-refractivity contribution is 0.0599. The van der Waals surface area contributed by atoms with E-state index in [-0.39, 0.29) is 11.6 Å². The third-order valence-corrected chi connectivity index (χ3v) is 2.25. The molecule has 0 unspecified atom stereocenters. The van der Waals surface area contributed by atoms with E-state index in [9.17, 15) is 4.79 Å². The number of carbonyl (C=O) groups excluding carboxylic acids is 1. The van der Waals surface area contributed by atoms with E-state index in [0.29, 0.717) is 16.7 Å². The van der Waals surface area contributed by atoms with E-state index >= 15 is 0 Å². The summed E-state index contributed by atoms with van der Waals surface area (Å²) in [6.07, 6.45) is 0. The van der Waals surface area contributed by atoms with E-state index < -0.39 is 5.97 Å². The van der Waals surface area contributed by atoms with Crippen molar-refractivity contribution in [3.63, 3.8) is 0 Å². The van der Waals surface area contributed by atoms with E-state index in [1.165, 1.54) is 19.2 Å². The van der Waals surface area contributed by atoms with Crippen molar-refractivity contribution >= 4 is 17.6 Å². The van der Waals surface area contributed by atoms with E-state index in [1.54, 1.807) is 0 Å². The van der Waals surface area contributed by atoms with Crippen LogP contribution in [-0.4, -0.2) is 13.1 Å². The highest BCUT2D eigenvalue weighted by Gasteiger charge is 2.14. The van der Waals surface area contributed by atoms with Crippen molar-refractivity contribution in [1.29, 1.82) is 5.26 Å². The zero-order valence-electron chi connectivity index (χ0n) is 8.08. The van der Waals surface area contributed by atoms with Crippen LogP contribution in [0, 0.1) is 11.3 Å². The monoisotopic (exact) mass is 224 g/mol. The maximum atomic E-state index is 11.3. The summed E-state index contributed by atoms with van der Waals surface area (Å²) >= 11 is 5.79. The molecule has 1 rings (SSSR count). The van der Waals surface area contributed by atoms with Crippen LogP contribution in [-0.2, 0) is 11.3 Å². The first-order valence-corrected chi connectivity index (χ1v) is 4.52. The smallest absolute Gasteiger partial charge is 0.338 e. The predicted octanol–water partition coefficient (Wildman–Crippen LogP) is 1.46. The zero-order chi connectivity index (χ0) is 11.4. The van der Waals surface area contributed by atoms with Crippen LogP contribution in [0.2, 0.25) is 5.02 Å². The molecule has 2 N–H and O–H groups in total. The molecule has 1 aromatic rings. The van der Waals surface area contributed by atoms with E-state index in [1.807, 2.05) is 6.07 Å². The summed E-state index contributed by atoms with van der Waals surface area (Å²) in [6, 6.07) is 4.81. The highest BCUT2D eigenvalue weighted by atomic mass is 35.5. The maximum absolute atomic E-state index is 11.3. The molecular weight excluding hydrogens is 216 g/mol. The van der Waals surface area contributed by atoms with Crippen molar-refractivity contribution < 1.29 is 9.53 Å². The fourth-order valence-corrected chi connectivity index (χ4v) is 1.38. The number of methoxy groups -OCH3 is 1. The minimum absolute atomic E-state index is 0.149. The molecular formula is C10H9ClN2O2. The summed E-state index contributed by atoms with van der Waals surface area (Å²) in [7, 11) is 1.27. The van der Waals surface area contributed by atoms with Crippen molar-refractivity contribution in [3.8, 4) is 6.07 Å². The molecule has 0 aliphatic heterocycles. The van der Waals surface area contributed by atoms with Gasteiger partial charge >= 0.3 is 5.97 Å². The average molecular weight is 225 g/mol. The molecule has 78 valence electrons. The van der Waals surface area contributed by atoms with Gasteiger partial charge in [0.15, 0.2) is 0 Å². The van der Waals surface area contributed by atoms with Gasteiger partial charge in [-0.3, -0.25) is 0 Å². The van der Waals surface area contributed by atoms with Gasteiger partial charge in [0.25, 0.3) is 0 Å². The van der Waals surface area contributed by atoms with Gasteiger partial charge in [0.05, 0.1) is 23.3 Å². The number of nitrogens with zero attached hydrogens (tertiary/aromatic N) is 1. The molecule has 0 aliphatic rings. The van der Waals surface area contributed by atoms with Crippen molar-refractivity contribution in [2.24, 2.45) is 5.73 Å². The van der Waals surface area contributed by atoms with Gasteiger partial charge in [0.2, 0.25) is 0 Å². The van der Waals surface area contributed by atoms with Crippen molar-refractivity contribution in [3.05, 3.63) is 33.8 Å². The lowest BCUT2D eigenvalue weighted by Crippen LogP contribution is -2.09. The van der Waals surface area contributed by atoms with Crippen molar-refractivity contribution in [2.75, 3.05) is 7.11 Å². The molecule has 1 aromatic carbocycles. The number of nitrogens with two attached hydrogens (primary N) is 1. The van der Waals surface area contributed by atoms with Crippen molar-refractivity contribution in [1.82, 2.24) is 0 Å². The summed E-state index contributed by atoms with van der Waals surface area (Å²) in [5.41, 5.74) is 6.59. The van der Waals surface area contributed by atoms with Gasteiger partial charge in [-0.1, -0.05) is 11.6 Å². The Labute approximate surface area is 92.2 Å². The van der Waals surface area contributed by atoms with E-state index in [2.05, 4.69) is 4.74 Å². The summed E-state index contributed by atoms with van der Waals surface area (Å²) < 4.78 is 4.57. The molecule has 0 fully saturated rings. The number of benzene rings is 1. The second kappa shape index (κ2) is 4.78. The number of halogens is 1. The van der Waals surface area contributed by atoms with Crippen molar-refractivity contribution in [2.45, 2.75) is 6.54 Å². The standard InChI is InChI=1S/C10H9ClN2O2/c1-15-10(14)8-3-9(11)7(5-13)2-6(8)4-12/h2-3H,4,12H2,1H3. The van der Waals surface area contributed by atoms with Gasteiger partial charge in [0, 0.05) is 6.54 Å². The van der Waals surface area contributed by atoms with Gasteiger partial charge in [-0.05, 0) is 17.7 Å². The number of carbonyl (C=O) groups is 1. The Balaban J connectivity index is 3.35. The molecule has 0 amide bonds. The third kappa shape index (κ3) is 2.27. The van der Waals surface area contributed by atoms with Crippen LogP contribution >= 0.6 is 11.6 Å². The van der Waals surface area contributed by atoms with Crippen LogP contribution in [0.25, 0.3) is 0 Å². The SMILES string of the molecule is COC(=O)c1cc(Cl)c(C#N)cc1CN. The van der Waals surface area contributed by atoms with E-state index in [4.69, 9.17) is 22.6 Å². The molecule has 0 heterocycles. The largest absolute Gasteiger partial charge is 0.465 e. The fraction of sp³-hybridized carbons (Fsp3) is 0.200. The molecule has 0 atom stereocenters. The number of esters is 1. The molecule has 0 aromatic heterocycles. The number of nitriles is 1. The molecule has 0 aliphatic carbocycles. The normalized spacial score (nSPS) is 9.47. The molecule has 0 spiro atoms. The van der Waals surface area contributed by atoms with Crippen LogP contribution in [0.5, 0.6) is 0 Å². The second-order valence-corrected chi connectivity index (χ2v) is 3.20. The first-order chi connectivity index (χ1) is 7.13. The fourth-order valence-electron chi connectivity index (χ4n) is 1.17. The lowest BCUT2D eigenvalue weighted by Gasteiger charge is -2.07. The molecule has 5 heteroatoms. The minimum atomic E-state index is -0.512. The Bertz CT molecular complexity index is 438. The summed E-state index contributed by atoms with van der Waals surface area (Å²) in [6.45, 7) is 0.149. The Hall–Kier alpha value is -1.57. The van der Waals surface area contributed by atoms with Crippen LogP contribution < -0.4 is 5.73 Å². The van der Waals surface area contributed by atoms with Crippen LogP contribution in [0.4, 0.5) is 0 Å². The molecule has 0 bridgehead atoms. The summed E-state index contributed by atoms with van der Waals surface area (Å²) in [5.74, 6) is -0.512. The summed E-state index contributed by atoms with van der Waals surface area (Å²) in [5, 5.41) is 8.95. The summed E-state index contributed by atoms with van der Waals surface area (Å²) in [4.78, 5) is 11.3. The molecule has 0 radical (unpaired) electrons. The highest BCUT2D eigenvalue weighted by molar-refractivity contribution is 6.32. The Morgan fingerprint density at radius 3 is 2.80 bits per heavy atom. The lowest BCUT2D eigenvalue weighted by atomic mass is 10.0. The predicted molar refractivity (Wildman–Crippen MR) is 55.4 cm³/mol. The molecule has 4 nitrogen and oxygen atoms in total. The van der Waals surface area contributed by atoms with Crippen LogP contribution in [0.3, 0.4) is 0 Å². The minimum Gasteiger partial charge on any atom is -0.465 e. The number of ether oxygens (including phenoxy) is 1. The number of hydrogen-bond donors (Lipinski definition) is 1. The van der Waals surface area contributed by atoms with Crippen LogP contribution in [0.1, 0.15) is 21.5 Å². The van der Waals surface area contributed by atoms with Gasteiger partial charge in [-0.25, -0.2) is 4.79 Å². The molecule has 0 saturated heterocycles. The van der Waals surface area contributed by atoms with Gasteiger partial charge in [0.1, 0.15) is 6.07 Å². The number of rotatable bonds is 2. The second-order valence-electron chi connectivity index (χ2n) is 2.80. The average Bonchev–Trinajstić information content (AvgIpc) is 2.27. The highest BCUT2D eigenvalue weighted by Crippen LogP contribution is 2.21. The first kappa shape index (κ1) is 11.5. The Morgan fingerprint density at radius 1 is 1.67 bits per heavy atom. The molecule has 15 heavy (non-hydrogen) atoms. The van der Waals surface area contributed by atoms with Gasteiger partial charge in [-0.15, -0.1) is 0 Å². The van der Waals surface area contributed by atoms with Gasteiger partial charge in [-0.2, -0.15) is 5.26 Å². The Morgan fingerprint density at radius 2 is 2.33 bits per heavy atom. The van der Waals surface area contributed by atoms with Crippen LogP contribution in [0.15, 0.2) is 12.1 Å². The Kier molecular flexibility index (Phi) is 3.67. The topological polar surface area (TPSA) is 76.1 Å². The maximum Gasteiger partial charge on any atom is 0.338 e. The molecule has 0 saturated carbocycles.